The van der Waals surface area contributed by atoms with Gasteiger partial charge in [-0.2, -0.15) is 0 Å². The third-order valence-corrected chi connectivity index (χ3v) is 4.42. The number of nitrogens with zero attached hydrogens (tertiary/aromatic N) is 1. The maximum absolute atomic E-state index is 12.1. The first-order valence-electron chi connectivity index (χ1n) is 7.78. The normalized spacial score (nSPS) is 23.9. The Balaban J connectivity index is 2.52. The first-order chi connectivity index (χ1) is 10.4. The number of carbonyl (C=O) groups excluding carboxylic acids is 2. The Bertz CT molecular complexity index is 585. The second-order valence-electron chi connectivity index (χ2n) is 5.74. The summed E-state index contributed by atoms with van der Waals surface area (Å²) in [6.07, 6.45) is 0.841. The molecule has 22 heavy (non-hydrogen) atoms. The standard InChI is InChI=1S/C17H24N2O3/c1-5-14-10(3)16(18)13-9-12(17(21)22-6-2)7-8-15(13)19(14)11(4)20/h7-10,14,16H,5-6,18H2,1-4H3/t10-,14?,16+/m0/s1. The van der Waals surface area contributed by atoms with Crippen molar-refractivity contribution in [2.24, 2.45) is 11.7 Å². The van der Waals surface area contributed by atoms with Crippen molar-refractivity contribution in [2.75, 3.05) is 11.5 Å². The number of esters is 1. The monoisotopic (exact) mass is 304 g/mol. The van der Waals surface area contributed by atoms with Gasteiger partial charge in [0.05, 0.1) is 12.2 Å². The van der Waals surface area contributed by atoms with E-state index in [1.54, 1.807) is 36.9 Å². The lowest BCUT2D eigenvalue weighted by atomic mass is 9.81. The van der Waals surface area contributed by atoms with Crippen molar-refractivity contribution in [2.45, 2.75) is 46.2 Å². The summed E-state index contributed by atoms with van der Waals surface area (Å²) in [5, 5.41) is 0. The van der Waals surface area contributed by atoms with Gasteiger partial charge in [-0.3, -0.25) is 4.79 Å². The molecule has 0 aliphatic carbocycles. The van der Waals surface area contributed by atoms with Gasteiger partial charge >= 0.3 is 5.97 Å². The van der Waals surface area contributed by atoms with Crippen molar-refractivity contribution in [1.82, 2.24) is 0 Å². The highest BCUT2D eigenvalue weighted by Gasteiger charge is 2.38. The van der Waals surface area contributed by atoms with Crippen LogP contribution in [0.5, 0.6) is 0 Å². The Kier molecular flexibility index (Phi) is 4.86. The Morgan fingerprint density at radius 1 is 1.32 bits per heavy atom. The van der Waals surface area contributed by atoms with Gasteiger partial charge in [0.2, 0.25) is 5.91 Å². The molecule has 1 unspecified atom stereocenters. The van der Waals surface area contributed by atoms with E-state index in [0.717, 1.165) is 17.7 Å². The molecule has 0 saturated carbocycles. The van der Waals surface area contributed by atoms with Gasteiger partial charge in [0.25, 0.3) is 0 Å². The smallest absolute Gasteiger partial charge is 0.338 e. The van der Waals surface area contributed by atoms with Crippen molar-refractivity contribution < 1.29 is 14.3 Å². The summed E-state index contributed by atoms with van der Waals surface area (Å²) in [6, 6.07) is 5.13. The van der Waals surface area contributed by atoms with E-state index in [-0.39, 0.29) is 29.9 Å². The van der Waals surface area contributed by atoms with Crippen molar-refractivity contribution in [1.29, 1.82) is 0 Å². The maximum atomic E-state index is 12.1. The van der Waals surface area contributed by atoms with Crippen LogP contribution in [-0.2, 0) is 9.53 Å². The third-order valence-electron chi connectivity index (χ3n) is 4.42. The lowest BCUT2D eigenvalue weighted by Gasteiger charge is -2.43. The molecule has 3 atom stereocenters. The Morgan fingerprint density at radius 3 is 2.55 bits per heavy atom. The maximum Gasteiger partial charge on any atom is 0.338 e. The molecule has 0 aromatic heterocycles. The number of benzene rings is 1. The lowest BCUT2D eigenvalue weighted by Crippen LogP contribution is -2.50. The van der Waals surface area contributed by atoms with Crippen molar-refractivity contribution in [3.8, 4) is 0 Å². The van der Waals surface area contributed by atoms with E-state index in [2.05, 4.69) is 13.8 Å². The summed E-state index contributed by atoms with van der Waals surface area (Å²) in [5.41, 5.74) is 8.48. The fourth-order valence-corrected chi connectivity index (χ4v) is 3.28. The molecule has 5 nitrogen and oxygen atoms in total. The molecule has 1 heterocycles. The van der Waals surface area contributed by atoms with Crippen molar-refractivity contribution in [3.63, 3.8) is 0 Å². The molecule has 1 aromatic rings. The zero-order valence-corrected chi connectivity index (χ0v) is 13.6. The van der Waals surface area contributed by atoms with Gasteiger partial charge in [0.15, 0.2) is 0 Å². The average Bonchev–Trinajstić information content (AvgIpc) is 2.50. The van der Waals surface area contributed by atoms with Gasteiger partial charge in [-0.05, 0) is 43.0 Å². The highest BCUT2D eigenvalue weighted by molar-refractivity contribution is 5.96. The van der Waals surface area contributed by atoms with Gasteiger partial charge in [-0.1, -0.05) is 13.8 Å². The van der Waals surface area contributed by atoms with Gasteiger partial charge in [-0.15, -0.1) is 0 Å². The molecule has 0 bridgehead atoms. The predicted molar refractivity (Wildman–Crippen MR) is 85.7 cm³/mol. The summed E-state index contributed by atoms with van der Waals surface area (Å²) >= 11 is 0. The van der Waals surface area contributed by atoms with E-state index >= 15 is 0 Å². The highest BCUT2D eigenvalue weighted by atomic mass is 16.5. The quantitative estimate of drug-likeness (QED) is 0.871. The second-order valence-corrected chi connectivity index (χ2v) is 5.74. The SMILES string of the molecule is CCOC(=O)c1ccc2c(c1)[C@H](N)[C@@H](C)C(CC)N2C(C)=O. The first-order valence-corrected chi connectivity index (χ1v) is 7.78. The summed E-state index contributed by atoms with van der Waals surface area (Å²) < 4.78 is 5.04. The highest BCUT2D eigenvalue weighted by Crippen LogP contribution is 2.41. The fourth-order valence-electron chi connectivity index (χ4n) is 3.28. The summed E-state index contributed by atoms with van der Waals surface area (Å²) in [4.78, 5) is 25.8. The van der Waals surface area contributed by atoms with Gasteiger partial charge in [0, 0.05) is 24.7 Å². The number of fused-ring (bicyclic) bond motifs is 1. The number of ether oxygens (including phenoxy) is 1. The van der Waals surface area contributed by atoms with Gasteiger partial charge < -0.3 is 15.4 Å². The van der Waals surface area contributed by atoms with Crippen LogP contribution in [0.4, 0.5) is 5.69 Å². The number of amides is 1. The summed E-state index contributed by atoms with van der Waals surface area (Å²) in [6.45, 7) is 7.77. The zero-order valence-electron chi connectivity index (χ0n) is 13.6. The Labute approximate surface area is 131 Å². The van der Waals surface area contributed by atoms with Crippen LogP contribution < -0.4 is 10.6 Å². The molecular weight excluding hydrogens is 280 g/mol. The fraction of sp³-hybridized carbons (Fsp3) is 0.529. The molecule has 0 radical (unpaired) electrons. The predicted octanol–water partition coefficient (Wildman–Crippen LogP) is 2.64. The van der Waals surface area contributed by atoms with Crippen LogP contribution in [0.3, 0.4) is 0 Å². The molecule has 2 rings (SSSR count). The minimum absolute atomic E-state index is 0.00395. The molecule has 0 spiro atoms. The van der Waals surface area contributed by atoms with Crippen LogP contribution in [0.15, 0.2) is 18.2 Å². The van der Waals surface area contributed by atoms with Gasteiger partial charge in [-0.25, -0.2) is 4.79 Å². The molecule has 1 amide bonds. The molecule has 1 aromatic carbocycles. The lowest BCUT2D eigenvalue weighted by molar-refractivity contribution is -0.117. The van der Waals surface area contributed by atoms with Crippen LogP contribution in [0, 0.1) is 5.92 Å². The molecule has 5 heteroatoms. The van der Waals surface area contributed by atoms with Crippen LogP contribution in [0.25, 0.3) is 0 Å². The number of carbonyl (C=O) groups is 2. The van der Waals surface area contributed by atoms with E-state index < -0.39 is 0 Å². The van der Waals surface area contributed by atoms with Crippen LogP contribution >= 0.6 is 0 Å². The molecule has 1 aliphatic heterocycles. The van der Waals surface area contributed by atoms with Crippen molar-refractivity contribution in [3.05, 3.63) is 29.3 Å². The molecule has 1 aliphatic rings. The molecular formula is C17H24N2O3. The molecule has 0 fully saturated rings. The molecule has 2 N–H and O–H groups in total. The average molecular weight is 304 g/mol. The largest absolute Gasteiger partial charge is 0.462 e. The number of hydrogen-bond acceptors (Lipinski definition) is 4. The van der Waals surface area contributed by atoms with Crippen molar-refractivity contribution >= 4 is 17.6 Å². The first kappa shape index (κ1) is 16.5. The minimum atomic E-state index is -0.364. The van der Waals surface area contributed by atoms with Crippen LogP contribution in [-0.4, -0.2) is 24.5 Å². The molecule has 0 saturated heterocycles. The van der Waals surface area contributed by atoms with Gasteiger partial charge in [0.1, 0.15) is 0 Å². The van der Waals surface area contributed by atoms with E-state index in [0.29, 0.717) is 12.2 Å². The minimum Gasteiger partial charge on any atom is -0.462 e. The number of nitrogens with two attached hydrogens (primary N) is 1. The number of rotatable bonds is 3. The van der Waals surface area contributed by atoms with Crippen LogP contribution in [0.2, 0.25) is 0 Å². The van der Waals surface area contributed by atoms with E-state index in [4.69, 9.17) is 10.5 Å². The Hall–Kier alpha value is -1.88. The number of hydrogen-bond donors (Lipinski definition) is 1. The number of anilines is 1. The topological polar surface area (TPSA) is 72.6 Å². The summed E-state index contributed by atoms with van der Waals surface area (Å²) in [7, 11) is 0. The van der Waals surface area contributed by atoms with E-state index in [1.165, 1.54) is 0 Å². The second kappa shape index (κ2) is 6.48. The van der Waals surface area contributed by atoms with E-state index in [1.807, 2.05) is 0 Å². The Morgan fingerprint density at radius 2 is 2.00 bits per heavy atom. The zero-order chi connectivity index (χ0) is 16.4. The summed E-state index contributed by atoms with van der Waals surface area (Å²) in [5.74, 6) is -0.244. The van der Waals surface area contributed by atoms with Crippen LogP contribution in [0.1, 0.15) is 56.1 Å². The molecule has 120 valence electrons. The van der Waals surface area contributed by atoms with E-state index in [9.17, 15) is 9.59 Å². The third kappa shape index (κ3) is 2.73.